The molecule has 0 bridgehead atoms. The number of anilines is 3. The first kappa shape index (κ1) is 17.0. The van der Waals surface area contributed by atoms with Crippen LogP contribution >= 0.6 is 11.6 Å². The second-order valence-electron chi connectivity index (χ2n) is 6.10. The summed E-state index contributed by atoms with van der Waals surface area (Å²) in [7, 11) is 0. The smallest absolute Gasteiger partial charge is 0.229 e. The zero-order valence-electron chi connectivity index (χ0n) is 13.9. The molecule has 1 aliphatic heterocycles. The molecule has 5 nitrogen and oxygen atoms in total. The Morgan fingerprint density at radius 2 is 2.21 bits per heavy atom. The first-order chi connectivity index (χ1) is 11.7. The van der Waals surface area contributed by atoms with Gasteiger partial charge in [-0.1, -0.05) is 31.0 Å². The van der Waals surface area contributed by atoms with Crippen LogP contribution in [0.15, 0.2) is 30.3 Å². The number of rotatable bonds is 6. The molecule has 1 aromatic carbocycles. The summed E-state index contributed by atoms with van der Waals surface area (Å²) in [5.74, 6) is 1.45. The number of nitrogens with one attached hydrogen (secondary N) is 1. The SMILES string of the molecule is CCCc1cc(N2CCC[C@H]2CO)nc(Nc2cccc(Cl)c2)n1. The molecule has 2 N–H and O–H groups in total. The number of aliphatic hydroxyl groups is 1. The Bertz CT molecular complexity index is 694. The van der Waals surface area contributed by atoms with E-state index in [1.165, 1.54) is 0 Å². The van der Waals surface area contributed by atoms with Gasteiger partial charge in [0, 0.05) is 29.0 Å². The van der Waals surface area contributed by atoms with Crippen LogP contribution in [-0.4, -0.2) is 34.3 Å². The van der Waals surface area contributed by atoms with Crippen molar-refractivity contribution in [3.63, 3.8) is 0 Å². The molecule has 1 atom stereocenters. The topological polar surface area (TPSA) is 61.3 Å². The normalized spacial score (nSPS) is 17.3. The molecule has 128 valence electrons. The molecule has 0 saturated carbocycles. The van der Waals surface area contributed by atoms with Crippen LogP contribution in [0.25, 0.3) is 0 Å². The fraction of sp³-hybridized carbons (Fsp3) is 0.444. The van der Waals surface area contributed by atoms with Gasteiger partial charge in [-0.3, -0.25) is 0 Å². The number of aromatic nitrogens is 2. The van der Waals surface area contributed by atoms with E-state index in [1.807, 2.05) is 30.3 Å². The third kappa shape index (κ3) is 3.97. The maximum Gasteiger partial charge on any atom is 0.229 e. The van der Waals surface area contributed by atoms with Gasteiger partial charge in [-0.05, 0) is 37.5 Å². The number of hydrogen-bond acceptors (Lipinski definition) is 5. The molecule has 1 aromatic heterocycles. The number of benzene rings is 1. The van der Waals surface area contributed by atoms with E-state index in [-0.39, 0.29) is 12.6 Å². The van der Waals surface area contributed by atoms with E-state index in [9.17, 15) is 5.11 Å². The van der Waals surface area contributed by atoms with E-state index in [2.05, 4.69) is 27.1 Å². The van der Waals surface area contributed by atoms with Crippen LogP contribution in [-0.2, 0) is 6.42 Å². The first-order valence-electron chi connectivity index (χ1n) is 8.47. The van der Waals surface area contributed by atoms with Gasteiger partial charge in [-0.25, -0.2) is 4.98 Å². The number of aryl methyl sites for hydroxylation is 1. The van der Waals surface area contributed by atoms with E-state index in [1.54, 1.807) is 0 Å². The molecule has 0 unspecified atom stereocenters. The molecule has 3 rings (SSSR count). The lowest BCUT2D eigenvalue weighted by molar-refractivity contribution is 0.266. The summed E-state index contributed by atoms with van der Waals surface area (Å²) >= 11 is 6.05. The van der Waals surface area contributed by atoms with Gasteiger partial charge in [-0.2, -0.15) is 4.98 Å². The molecular formula is C18H23ClN4O. The van der Waals surface area contributed by atoms with Crippen molar-refractivity contribution in [2.24, 2.45) is 0 Å². The van der Waals surface area contributed by atoms with Crippen LogP contribution in [0, 0.1) is 0 Å². The van der Waals surface area contributed by atoms with Gasteiger partial charge in [-0.15, -0.1) is 0 Å². The Hall–Kier alpha value is -1.85. The lowest BCUT2D eigenvalue weighted by Crippen LogP contribution is -2.33. The minimum absolute atomic E-state index is 0.147. The molecule has 1 saturated heterocycles. The average molecular weight is 347 g/mol. The molecule has 2 heterocycles. The highest BCUT2D eigenvalue weighted by molar-refractivity contribution is 6.30. The monoisotopic (exact) mass is 346 g/mol. The van der Waals surface area contributed by atoms with Crippen LogP contribution in [0.3, 0.4) is 0 Å². The van der Waals surface area contributed by atoms with E-state index in [4.69, 9.17) is 11.6 Å². The molecule has 1 fully saturated rings. The summed E-state index contributed by atoms with van der Waals surface area (Å²) in [4.78, 5) is 11.5. The van der Waals surface area contributed by atoms with Crippen molar-refractivity contribution in [3.05, 3.63) is 41.0 Å². The van der Waals surface area contributed by atoms with Crippen LogP contribution < -0.4 is 10.2 Å². The highest BCUT2D eigenvalue weighted by Gasteiger charge is 2.25. The van der Waals surface area contributed by atoms with Crippen molar-refractivity contribution in [1.29, 1.82) is 0 Å². The standard InChI is InChI=1S/C18H23ClN4O/c1-2-5-14-11-17(23-9-4-8-16(23)12-24)22-18(20-14)21-15-7-3-6-13(19)10-15/h3,6-7,10-11,16,24H,2,4-5,8-9,12H2,1H3,(H,20,21,22)/t16-/m0/s1. The summed E-state index contributed by atoms with van der Waals surface area (Å²) in [6.07, 6.45) is 4.00. The Morgan fingerprint density at radius 3 is 2.96 bits per heavy atom. The molecule has 6 heteroatoms. The predicted octanol–water partition coefficient (Wildman–Crippen LogP) is 3.79. The minimum Gasteiger partial charge on any atom is -0.394 e. The van der Waals surface area contributed by atoms with Gasteiger partial charge in [0.05, 0.1) is 12.6 Å². The molecule has 0 spiro atoms. The van der Waals surface area contributed by atoms with Crippen molar-refractivity contribution < 1.29 is 5.11 Å². The quantitative estimate of drug-likeness (QED) is 0.833. The summed E-state index contributed by atoms with van der Waals surface area (Å²) in [6, 6.07) is 9.71. The Labute approximate surface area is 147 Å². The molecule has 0 amide bonds. The number of nitrogens with zero attached hydrogens (tertiary/aromatic N) is 3. The largest absolute Gasteiger partial charge is 0.394 e. The molecule has 2 aromatic rings. The van der Waals surface area contributed by atoms with Crippen LogP contribution in [0.2, 0.25) is 5.02 Å². The van der Waals surface area contributed by atoms with Gasteiger partial charge in [0.2, 0.25) is 5.95 Å². The highest BCUT2D eigenvalue weighted by atomic mass is 35.5. The van der Waals surface area contributed by atoms with E-state index in [0.717, 1.165) is 49.4 Å². The number of halogens is 1. The van der Waals surface area contributed by atoms with Crippen LogP contribution in [0.1, 0.15) is 31.9 Å². The van der Waals surface area contributed by atoms with Crippen molar-refractivity contribution in [1.82, 2.24) is 9.97 Å². The van der Waals surface area contributed by atoms with Crippen molar-refractivity contribution in [2.75, 3.05) is 23.4 Å². The average Bonchev–Trinajstić information content (AvgIpc) is 3.03. The van der Waals surface area contributed by atoms with E-state index in [0.29, 0.717) is 11.0 Å². The van der Waals surface area contributed by atoms with Crippen molar-refractivity contribution in [3.8, 4) is 0 Å². The highest BCUT2D eigenvalue weighted by Crippen LogP contribution is 2.26. The maximum atomic E-state index is 9.59. The summed E-state index contributed by atoms with van der Waals surface area (Å²) in [5.41, 5.74) is 1.87. The van der Waals surface area contributed by atoms with Crippen molar-refractivity contribution >= 4 is 29.1 Å². The Kier molecular flexibility index (Phi) is 5.53. The van der Waals surface area contributed by atoms with Gasteiger partial charge in [0.1, 0.15) is 5.82 Å². The maximum absolute atomic E-state index is 9.59. The fourth-order valence-corrected chi connectivity index (χ4v) is 3.28. The first-order valence-corrected chi connectivity index (χ1v) is 8.85. The van der Waals surface area contributed by atoms with Gasteiger partial charge in [0.25, 0.3) is 0 Å². The zero-order chi connectivity index (χ0) is 16.9. The molecule has 0 radical (unpaired) electrons. The minimum atomic E-state index is 0.147. The zero-order valence-corrected chi connectivity index (χ0v) is 14.6. The Morgan fingerprint density at radius 1 is 1.33 bits per heavy atom. The lowest BCUT2D eigenvalue weighted by atomic mass is 10.2. The van der Waals surface area contributed by atoms with Gasteiger partial charge < -0.3 is 15.3 Å². The summed E-state index contributed by atoms with van der Waals surface area (Å²) in [5, 5.41) is 13.5. The Balaban J connectivity index is 1.90. The van der Waals surface area contributed by atoms with E-state index < -0.39 is 0 Å². The second kappa shape index (κ2) is 7.81. The van der Waals surface area contributed by atoms with E-state index >= 15 is 0 Å². The molecule has 24 heavy (non-hydrogen) atoms. The number of aliphatic hydroxyl groups excluding tert-OH is 1. The third-order valence-corrected chi connectivity index (χ3v) is 4.47. The van der Waals surface area contributed by atoms with Gasteiger partial charge >= 0.3 is 0 Å². The third-order valence-electron chi connectivity index (χ3n) is 4.23. The summed E-state index contributed by atoms with van der Waals surface area (Å²) < 4.78 is 0. The van der Waals surface area contributed by atoms with Crippen LogP contribution in [0.5, 0.6) is 0 Å². The predicted molar refractivity (Wildman–Crippen MR) is 98.2 cm³/mol. The molecule has 0 aliphatic carbocycles. The molecular weight excluding hydrogens is 324 g/mol. The van der Waals surface area contributed by atoms with Crippen LogP contribution in [0.4, 0.5) is 17.5 Å². The molecule has 1 aliphatic rings. The fourth-order valence-electron chi connectivity index (χ4n) is 3.09. The van der Waals surface area contributed by atoms with Crippen molar-refractivity contribution in [2.45, 2.75) is 38.6 Å². The lowest BCUT2D eigenvalue weighted by Gasteiger charge is -2.25. The number of hydrogen-bond donors (Lipinski definition) is 2. The van der Waals surface area contributed by atoms with Gasteiger partial charge in [0.15, 0.2) is 0 Å². The second-order valence-corrected chi connectivity index (χ2v) is 6.53. The summed E-state index contributed by atoms with van der Waals surface area (Å²) in [6.45, 7) is 3.22.